The quantitative estimate of drug-likeness (QED) is 0.663. The van der Waals surface area contributed by atoms with Gasteiger partial charge in [-0.15, -0.1) is 0 Å². The Labute approximate surface area is 136 Å². The highest BCUT2D eigenvalue weighted by Crippen LogP contribution is 2.14. The molecule has 0 aromatic heterocycles. The number of benzene rings is 1. The van der Waals surface area contributed by atoms with Crippen LogP contribution in [0.3, 0.4) is 0 Å². The third-order valence-corrected chi connectivity index (χ3v) is 4.63. The second-order valence-electron chi connectivity index (χ2n) is 4.64. The second kappa shape index (κ2) is 9.09. The highest BCUT2D eigenvalue weighted by molar-refractivity contribution is 7.89. The number of carbonyl (C=O) groups excluding carboxylic acids is 1. The zero-order chi connectivity index (χ0) is 16.6. The summed E-state index contributed by atoms with van der Waals surface area (Å²) in [4.78, 5) is 11.9. The fraction of sp³-hybridized carbons (Fsp3) is 0.500. The molecule has 8 heteroatoms. The van der Waals surface area contributed by atoms with Crippen molar-refractivity contribution < 1.29 is 17.9 Å². The maximum absolute atomic E-state index is 12.1. The minimum Gasteiger partial charge on any atom is -0.382 e. The van der Waals surface area contributed by atoms with E-state index in [-0.39, 0.29) is 10.8 Å². The maximum Gasteiger partial charge on any atom is 0.241 e. The van der Waals surface area contributed by atoms with E-state index in [2.05, 4.69) is 10.0 Å². The molecule has 6 nitrogen and oxygen atoms in total. The Morgan fingerprint density at radius 2 is 1.95 bits per heavy atom. The summed E-state index contributed by atoms with van der Waals surface area (Å²) in [5.41, 5.74) is 0. The van der Waals surface area contributed by atoms with Crippen molar-refractivity contribution in [3.63, 3.8) is 0 Å². The van der Waals surface area contributed by atoms with E-state index in [0.29, 0.717) is 31.2 Å². The molecule has 0 saturated heterocycles. The molecule has 0 fully saturated rings. The number of carbonyl (C=O) groups is 1. The number of halogens is 1. The van der Waals surface area contributed by atoms with Gasteiger partial charge in [-0.25, -0.2) is 8.42 Å². The van der Waals surface area contributed by atoms with Crippen molar-refractivity contribution in [2.75, 3.05) is 19.8 Å². The summed E-state index contributed by atoms with van der Waals surface area (Å²) in [6, 6.07) is 4.87. The molecule has 22 heavy (non-hydrogen) atoms. The molecule has 2 N–H and O–H groups in total. The molecular weight excluding hydrogens is 328 g/mol. The predicted octanol–water partition coefficient (Wildman–Crippen LogP) is 1.55. The second-order valence-corrected chi connectivity index (χ2v) is 6.79. The van der Waals surface area contributed by atoms with Gasteiger partial charge in [-0.05, 0) is 44.5 Å². The summed E-state index contributed by atoms with van der Waals surface area (Å²) < 4.78 is 31.7. The molecule has 1 aromatic rings. The Kier molecular flexibility index (Phi) is 7.81. The largest absolute Gasteiger partial charge is 0.382 e. The summed E-state index contributed by atoms with van der Waals surface area (Å²) in [5.74, 6) is -0.381. The SMILES string of the molecule is CCOCCCNC(=O)[C@@H](C)NS(=O)(=O)c1ccc(Cl)cc1. The fourth-order valence-corrected chi connectivity index (χ4v) is 2.98. The number of amides is 1. The standard InChI is InChI=1S/C14H21ClN2O4S/c1-3-21-10-4-9-16-14(18)11(2)17-22(19,20)13-7-5-12(15)6-8-13/h5-8,11,17H,3-4,9-10H2,1-2H3,(H,16,18)/t11-/m1/s1. The van der Waals surface area contributed by atoms with Crippen LogP contribution in [-0.2, 0) is 19.6 Å². The molecule has 0 aliphatic rings. The molecule has 0 aliphatic carbocycles. The molecular formula is C14H21ClN2O4S. The van der Waals surface area contributed by atoms with Crippen LogP contribution in [-0.4, -0.2) is 40.1 Å². The molecule has 0 heterocycles. The van der Waals surface area contributed by atoms with Crippen molar-refractivity contribution >= 4 is 27.5 Å². The van der Waals surface area contributed by atoms with Gasteiger partial charge in [0.25, 0.3) is 0 Å². The topological polar surface area (TPSA) is 84.5 Å². The van der Waals surface area contributed by atoms with E-state index in [1.165, 1.54) is 31.2 Å². The first-order valence-electron chi connectivity index (χ1n) is 7.00. The Morgan fingerprint density at radius 1 is 1.32 bits per heavy atom. The normalized spacial score (nSPS) is 12.9. The number of nitrogens with one attached hydrogen (secondary N) is 2. The van der Waals surface area contributed by atoms with Crippen LogP contribution in [0.15, 0.2) is 29.2 Å². The van der Waals surface area contributed by atoms with E-state index in [4.69, 9.17) is 16.3 Å². The lowest BCUT2D eigenvalue weighted by Gasteiger charge is -2.14. The number of ether oxygens (including phenoxy) is 1. The first-order chi connectivity index (χ1) is 10.4. The first-order valence-corrected chi connectivity index (χ1v) is 8.86. The zero-order valence-electron chi connectivity index (χ0n) is 12.6. The average Bonchev–Trinajstić information content (AvgIpc) is 2.46. The lowest BCUT2D eigenvalue weighted by atomic mass is 10.3. The van der Waals surface area contributed by atoms with Gasteiger partial charge in [0.15, 0.2) is 0 Å². The molecule has 0 unspecified atom stereocenters. The highest BCUT2D eigenvalue weighted by atomic mass is 35.5. The molecule has 1 amide bonds. The minimum absolute atomic E-state index is 0.0629. The molecule has 1 aromatic carbocycles. The fourth-order valence-electron chi connectivity index (χ4n) is 1.65. The third kappa shape index (κ3) is 6.31. The van der Waals surface area contributed by atoms with Crippen molar-refractivity contribution in [1.82, 2.24) is 10.0 Å². The zero-order valence-corrected chi connectivity index (χ0v) is 14.2. The Morgan fingerprint density at radius 3 is 2.55 bits per heavy atom. The number of rotatable bonds is 9. The summed E-state index contributed by atoms with van der Waals surface area (Å²) in [6.07, 6.45) is 0.677. The Bertz CT molecular complexity index is 575. The van der Waals surface area contributed by atoms with E-state index < -0.39 is 16.1 Å². The van der Waals surface area contributed by atoms with Crippen LogP contribution in [0.25, 0.3) is 0 Å². The van der Waals surface area contributed by atoms with E-state index >= 15 is 0 Å². The van der Waals surface area contributed by atoms with Crippen LogP contribution in [0.1, 0.15) is 20.3 Å². The van der Waals surface area contributed by atoms with E-state index in [1.807, 2.05) is 6.92 Å². The molecule has 0 spiro atoms. The van der Waals surface area contributed by atoms with E-state index in [0.717, 1.165) is 0 Å². The van der Waals surface area contributed by atoms with Gasteiger partial charge in [-0.1, -0.05) is 11.6 Å². The molecule has 0 bridgehead atoms. The van der Waals surface area contributed by atoms with Crippen molar-refractivity contribution in [3.8, 4) is 0 Å². The molecule has 0 aliphatic heterocycles. The van der Waals surface area contributed by atoms with E-state index in [1.54, 1.807) is 0 Å². The number of hydrogen-bond acceptors (Lipinski definition) is 4. The van der Waals surface area contributed by atoms with Gasteiger partial charge < -0.3 is 10.1 Å². The van der Waals surface area contributed by atoms with Gasteiger partial charge in [-0.3, -0.25) is 4.79 Å². The molecule has 0 radical (unpaired) electrons. The number of sulfonamides is 1. The minimum atomic E-state index is -3.75. The van der Waals surface area contributed by atoms with Crippen molar-refractivity contribution in [3.05, 3.63) is 29.3 Å². The third-order valence-electron chi connectivity index (χ3n) is 2.82. The van der Waals surface area contributed by atoms with Crippen LogP contribution in [0.4, 0.5) is 0 Å². The Hall–Kier alpha value is -1.15. The average molecular weight is 349 g/mol. The van der Waals surface area contributed by atoms with Gasteiger partial charge in [0, 0.05) is 24.8 Å². The van der Waals surface area contributed by atoms with Crippen molar-refractivity contribution in [2.45, 2.75) is 31.2 Å². The van der Waals surface area contributed by atoms with Crippen LogP contribution in [0, 0.1) is 0 Å². The lowest BCUT2D eigenvalue weighted by molar-refractivity contribution is -0.122. The predicted molar refractivity (Wildman–Crippen MR) is 85.4 cm³/mol. The summed E-state index contributed by atoms with van der Waals surface area (Å²) >= 11 is 5.72. The van der Waals surface area contributed by atoms with Crippen LogP contribution in [0.2, 0.25) is 5.02 Å². The van der Waals surface area contributed by atoms with Gasteiger partial charge >= 0.3 is 0 Å². The van der Waals surface area contributed by atoms with Gasteiger partial charge in [-0.2, -0.15) is 4.72 Å². The van der Waals surface area contributed by atoms with Crippen LogP contribution < -0.4 is 10.0 Å². The first kappa shape index (κ1) is 18.9. The Balaban J connectivity index is 2.50. The number of hydrogen-bond donors (Lipinski definition) is 2. The van der Waals surface area contributed by atoms with Gasteiger partial charge in [0.1, 0.15) is 0 Å². The summed E-state index contributed by atoms with van der Waals surface area (Å²) in [5, 5.41) is 3.10. The molecule has 124 valence electrons. The van der Waals surface area contributed by atoms with Crippen molar-refractivity contribution in [2.24, 2.45) is 0 Å². The monoisotopic (exact) mass is 348 g/mol. The molecule has 1 atom stereocenters. The molecule has 1 rings (SSSR count). The van der Waals surface area contributed by atoms with Crippen LogP contribution in [0.5, 0.6) is 0 Å². The highest BCUT2D eigenvalue weighted by Gasteiger charge is 2.21. The van der Waals surface area contributed by atoms with Gasteiger partial charge in [0.2, 0.25) is 15.9 Å². The summed E-state index contributed by atoms with van der Waals surface area (Å²) in [7, 11) is -3.75. The van der Waals surface area contributed by atoms with Crippen LogP contribution >= 0.6 is 11.6 Å². The van der Waals surface area contributed by atoms with E-state index in [9.17, 15) is 13.2 Å². The summed E-state index contributed by atoms with van der Waals surface area (Å²) in [6.45, 7) is 5.01. The van der Waals surface area contributed by atoms with Crippen molar-refractivity contribution in [1.29, 1.82) is 0 Å². The maximum atomic E-state index is 12.1. The molecule has 0 saturated carbocycles. The lowest BCUT2D eigenvalue weighted by Crippen LogP contribution is -2.45. The van der Waals surface area contributed by atoms with Gasteiger partial charge in [0.05, 0.1) is 10.9 Å². The smallest absolute Gasteiger partial charge is 0.241 e.